The number of hydrogen-bond donors (Lipinski definition) is 1. The van der Waals surface area contributed by atoms with Crippen molar-refractivity contribution in [3.05, 3.63) is 57.6 Å². The third kappa shape index (κ3) is 2.64. The first kappa shape index (κ1) is 13.6. The van der Waals surface area contributed by atoms with Crippen molar-refractivity contribution < 1.29 is 9.90 Å². The Balaban J connectivity index is 2.59. The standard InChI is InChI=1S/C16H15ClO2/c1-9-6-11(3)14(7-10(9)2)13-5-4-12(16(18)19)8-15(13)17/h4-8H,1-3H3,(H,18,19). The molecule has 3 heteroatoms. The molecule has 0 aromatic heterocycles. The van der Waals surface area contributed by atoms with Gasteiger partial charge in [-0.05, 0) is 55.2 Å². The molecular weight excluding hydrogens is 260 g/mol. The summed E-state index contributed by atoms with van der Waals surface area (Å²) in [7, 11) is 0. The van der Waals surface area contributed by atoms with E-state index in [-0.39, 0.29) is 5.56 Å². The van der Waals surface area contributed by atoms with Crippen molar-refractivity contribution in [2.75, 3.05) is 0 Å². The maximum Gasteiger partial charge on any atom is 0.335 e. The van der Waals surface area contributed by atoms with Gasteiger partial charge in [0.15, 0.2) is 0 Å². The molecule has 0 aliphatic rings. The number of carboxylic acid groups (broad SMARTS) is 1. The van der Waals surface area contributed by atoms with Gasteiger partial charge in [-0.25, -0.2) is 4.79 Å². The lowest BCUT2D eigenvalue weighted by atomic mass is 9.95. The predicted molar refractivity (Wildman–Crippen MR) is 78.1 cm³/mol. The molecule has 0 spiro atoms. The Kier molecular flexibility index (Phi) is 3.63. The normalized spacial score (nSPS) is 10.5. The van der Waals surface area contributed by atoms with Crippen LogP contribution in [0.1, 0.15) is 27.0 Å². The Morgan fingerprint density at radius 2 is 1.58 bits per heavy atom. The topological polar surface area (TPSA) is 37.3 Å². The monoisotopic (exact) mass is 274 g/mol. The fourth-order valence-electron chi connectivity index (χ4n) is 2.12. The van der Waals surface area contributed by atoms with Crippen LogP contribution in [0.2, 0.25) is 5.02 Å². The van der Waals surface area contributed by atoms with Crippen LogP contribution in [0.5, 0.6) is 0 Å². The van der Waals surface area contributed by atoms with Crippen molar-refractivity contribution in [3.8, 4) is 11.1 Å². The molecule has 98 valence electrons. The van der Waals surface area contributed by atoms with Crippen LogP contribution in [0.25, 0.3) is 11.1 Å². The van der Waals surface area contributed by atoms with Gasteiger partial charge in [0.25, 0.3) is 0 Å². The van der Waals surface area contributed by atoms with E-state index in [1.54, 1.807) is 12.1 Å². The molecule has 0 atom stereocenters. The second-order valence-electron chi connectivity index (χ2n) is 4.75. The van der Waals surface area contributed by atoms with Crippen LogP contribution < -0.4 is 0 Å². The Hall–Kier alpha value is -1.80. The molecule has 0 heterocycles. The molecule has 0 saturated heterocycles. The largest absolute Gasteiger partial charge is 0.478 e. The summed E-state index contributed by atoms with van der Waals surface area (Å²) in [6.07, 6.45) is 0. The van der Waals surface area contributed by atoms with E-state index < -0.39 is 5.97 Å². The van der Waals surface area contributed by atoms with E-state index in [2.05, 4.69) is 26.0 Å². The Bertz CT molecular complexity index is 660. The molecule has 0 aliphatic heterocycles. The minimum Gasteiger partial charge on any atom is -0.478 e. The van der Waals surface area contributed by atoms with E-state index in [1.807, 2.05) is 6.92 Å². The Morgan fingerprint density at radius 3 is 2.16 bits per heavy atom. The highest BCUT2D eigenvalue weighted by Crippen LogP contribution is 2.32. The van der Waals surface area contributed by atoms with Crippen molar-refractivity contribution in [1.29, 1.82) is 0 Å². The molecule has 0 unspecified atom stereocenters. The van der Waals surface area contributed by atoms with Crippen molar-refractivity contribution in [1.82, 2.24) is 0 Å². The molecule has 0 aliphatic carbocycles. The molecule has 2 aromatic carbocycles. The first-order valence-electron chi connectivity index (χ1n) is 6.01. The summed E-state index contributed by atoms with van der Waals surface area (Å²) < 4.78 is 0. The van der Waals surface area contributed by atoms with Crippen molar-refractivity contribution in [3.63, 3.8) is 0 Å². The summed E-state index contributed by atoms with van der Waals surface area (Å²) in [4.78, 5) is 10.9. The number of aromatic carboxylic acids is 1. The fraction of sp³-hybridized carbons (Fsp3) is 0.188. The number of benzene rings is 2. The summed E-state index contributed by atoms with van der Waals surface area (Å²) in [5.74, 6) is -0.967. The summed E-state index contributed by atoms with van der Waals surface area (Å²) in [6, 6.07) is 9.05. The van der Waals surface area contributed by atoms with Crippen LogP contribution >= 0.6 is 11.6 Å². The van der Waals surface area contributed by atoms with Crippen molar-refractivity contribution >= 4 is 17.6 Å². The quantitative estimate of drug-likeness (QED) is 0.867. The molecule has 0 radical (unpaired) electrons. The maximum absolute atomic E-state index is 10.9. The summed E-state index contributed by atoms with van der Waals surface area (Å²) in [6.45, 7) is 6.16. The minimum absolute atomic E-state index is 0.204. The Labute approximate surface area is 117 Å². The van der Waals surface area contributed by atoms with Gasteiger partial charge < -0.3 is 5.11 Å². The van der Waals surface area contributed by atoms with Gasteiger partial charge >= 0.3 is 5.97 Å². The molecule has 0 saturated carbocycles. The average molecular weight is 275 g/mol. The average Bonchev–Trinajstić information content (AvgIpc) is 2.34. The molecule has 2 rings (SSSR count). The van der Waals surface area contributed by atoms with E-state index in [0.29, 0.717) is 5.02 Å². The number of halogens is 1. The van der Waals surface area contributed by atoms with E-state index in [0.717, 1.165) is 16.7 Å². The molecule has 2 aromatic rings. The number of aryl methyl sites for hydroxylation is 3. The lowest BCUT2D eigenvalue weighted by molar-refractivity contribution is 0.0697. The molecule has 2 nitrogen and oxygen atoms in total. The molecule has 0 fully saturated rings. The van der Waals surface area contributed by atoms with Gasteiger partial charge in [0.1, 0.15) is 0 Å². The van der Waals surface area contributed by atoms with Gasteiger partial charge in [-0.3, -0.25) is 0 Å². The van der Waals surface area contributed by atoms with E-state index in [4.69, 9.17) is 16.7 Å². The maximum atomic E-state index is 10.9. The first-order valence-corrected chi connectivity index (χ1v) is 6.39. The van der Waals surface area contributed by atoms with Gasteiger partial charge in [0, 0.05) is 10.6 Å². The zero-order valence-corrected chi connectivity index (χ0v) is 11.9. The van der Waals surface area contributed by atoms with Crippen LogP contribution in [0.4, 0.5) is 0 Å². The SMILES string of the molecule is Cc1cc(C)c(-c2ccc(C(=O)O)cc2Cl)cc1C. The highest BCUT2D eigenvalue weighted by atomic mass is 35.5. The Morgan fingerprint density at radius 1 is 0.947 bits per heavy atom. The lowest BCUT2D eigenvalue weighted by Gasteiger charge is -2.12. The zero-order valence-electron chi connectivity index (χ0n) is 11.1. The summed E-state index contributed by atoms with van der Waals surface area (Å²) in [5, 5.41) is 9.41. The third-order valence-electron chi connectivity index (χ3n) is 3.35. The number of carboxylic acids is 1. The minimum atomic E-state index is -0.967. The second kappa shape index (κ2) is 5.06. The van der Waals surface area contributed by atoms with Crippen LogP contribution in [0, 0.1) is 20.8 Å². The summed E-state index contributed by atoms with van der Waals surface area (Å²) >= 11 is 6.21. The fourth-order valence-corrected chi connectivity index (χ4v) is 2.40. The van der Waals surface area contributed by atoms with Crippen LogP contribution in [-0.4, -0.2) is 11.1 Å². The molecule has 0 amide bonds. The molecule has 19 heavy (non-hydrogen) atoms. The highest BCUT2D eigenvalue weighted by Gasteiger charge is 2.11. The smallest absolute Gasteiger partial charge is 0.335 e. The van der Waals surface area contributed by atoms with E-state index in [9.17, 15) is 4.79 Å². The van der Waals surface area contributed by atoms with Gasteiger partial charge in [0.05, 0.1) is 5.56 Å². The van der Waals surface area contributed by atoms with Gasteiger partial charge in [0.2, 0.25) is 0 Å². The van der Waals surface area contributed by atoms with Gasteiger partial charge in [-0.15, -0.1) is 0 Å². The zero-order chi connectivity index (χ0) is 14.2. The van der Waals surface area contributed by atoms with Crippen LogP contribution in [-0.2, 0) is 0 Å². The number of carbonyl (C=O) groups is 1. The second-order valence-corrected chi connectivity index (χ2v) is 5.16. The first-order chi connectivity index (χ1) is 8.90. The highest BCUT2D eigenvalue weighted by molar-refractivity contribution is 6.33. The van der Waals surface area contributed by atoms with E-state index in [1.165, 1.54) is 17.2 Å². The van der Waals surface area contributed by atoms with Crippen molar-refractivity contribution in [2.24, 2.45) is 0 Å². The predicted octanol–water partition coefficient (Wildman–Crippen LogP) is 4.63. The van der Waals surface area contributed by atoms with E-state index >= 15 is 0 Å². The molecule has 0 bridgehead atoms. The third-order valence-corrected chi connectivity index (χ3v) is 3.66. The molecule has 1 N–H and O–H groups in total. The number of hydrogen-bond acceptors (Lipinski definition) is 1. The van der Waals surface area contributed by atoms with Crippen LogP contribution in [0.15, 0.2) is 30.3 Å². The van der Waals surface area contributed by atoms with Gasteiger partial charge in [-0.2, -0.15) is 0 Å². The van der Waals surface area contributed by atoms with Crippen molar-refractivity contribution in [2.45, 2.75) is 20.8 Å². The van der Waals surface area contributed by atoms with Gasteiger partial charge in [-0.1, -0.05) is 29.8 Å². The number of rotatable bonds is 2. The summed E-state index contributed by atoms with van der Waals surface area (Å²) in [5.41, 5.74) is 5.68. The molecular formula is C16H15ClO2. The van der Waals surface area contributed by atoms with Crippen LogP contribution in [0.3, 0.4) is 0 Å². The lowest BCUT2D eigenvalue weighted by Crippen LogP contribution is -1.96.